The number of benzene rings is 1. The van der Waals surface area contributed by atoms with Crippen molar-refractivity contribution in [2.45, 2.75) is 39.8 Å². The average molecular weight is 357 g/mol. The maximum Gasteiger partial charge on any atom is 0.410 e. The van der Waals surface area contributed by atoms with Crippen LogP contribution in [0.4, 0.5) is 4.79 Å². The van der Waals surface area contributed by atoms with Crippen LogP contribution in [0.2, 0.25) is 5.02 Å². The SMILES string of the molecule is COCCN(CCNCc1ccc(Cl)cc1C)C(=O)OC(C)(C)C. The van der Waals surface area contributed by atoms with Crippen LogP contribution >= 0.6 is 11.6 Å². The highest BCUT2D eigenvalue weighted by atomic mass is 35.5. The van der Waals surface area contributed by atoms with E-state index < -0.39 is 5.60 Å². The zero-order valence-electron chi connectivity index (χ0n) is 15.3. The van der Waals surface area contributed by atoms with Gasteiger partial charge in [0, 0.05) is 38.3 Å². The minimum Gasteiger partial charge on any atom is -0.444 e. The highest BCUT2D eigenvalue weighted by Crippen LogP contribution is 2.15. The molecule has 0 fully saturated rings. The van der Waals surface area contributed by atoms with Gasteiger partial charge in [-0.05, 0) is 51.0 Å². The number of carbonyl (C=O) groups excluding carboxylic acids is 1. The minimum absolute atomic E-state index is 0.316. The second kappa shape index (κ2) is 9.87. The van der Waals surface area contributed by atoms with Crippen LogP contribution in [0.1, 0.15) is 31.9 Å². The van der Waals surface area contributed by atoms with Crippen molar-refractivity contribution in [1.82, 2.24) is 10.2 Å². The number of hydrogen-bond donors (Lipinski definition) is 1. The van der Waals surface area contributed by atoms with Crippen molar-refractivity contribution >= 4 is 17.7 Å². The average Bonchev–Trinajstić information content (AvgIpc) is 2.46. The van der Waals surface area contributed by atoms with E-state index in [4.69, 9.17) is 21.1 Å². The quantitative estimate of drug-likeness (QED) is 0.723. The number of methoxy groups -OCH3 is 1. The topological polar surface area (TPSA) is 50.8 Å². The lowest BCUT2D eigenvalue weighted by Gasteiger charge is -2.27. The summed E-state index contributed by atoms with van der Waals surface area (Å²) in [5.74, 6) is 0. The number of ether oxygens (including phenoxy) is 2. The van der Waals surface area contributed by atoms with Crippen LogP contribution in [0, 0.1) is 6.92 Å². The molecule has 0 bridgehead atoms. The van der Waals surface area contributed by atoms with E-state index in [1.54, 1.807) is 12.0 Å². The molecule has 6 heteroatoms. The predicted octanol–water partition coefficient (Wildman–Crippen LogP) is 3.62. The number of halogens is 1. The second-order valence-corrected chi connectivity index (χ2v) is 7.14. The van der Waals surface area contributed by atoms with Gasteiger partial charge >= 0.3 is 6.09 Å². The molecule has 0 aliphatic heterocycles. The summed E-state index contributed by atoms with van der Waals surface area (Å²) in [4.78, 5) is 13.9. The van der Waals surface area contributed by atoms with Crippen LogP contribution in [0.5, 0.6) is 0 Å². The molecule has 24 heavy (non-hydrogen) atoms. The van der Waals surface area contributed by atoms with Gasteiger partial charge in [-0.15, -0.1) is 0 Å². The van der Waals surface area contributed by atoms with E-state index >= 15 is 0 Å². The van der Waals surface area contributed by atoms with Crippen molar-refractivity contribution in [3.8, 4) is 0 Å². The normalized spacial score (nSPS) is 11.4. The van der Waals surface area contributed by atoms with Crippen LogP contribution < -0.4 is 5.32 Å². The van der Waals surface area contributed by atoms with E-state index in [2.05, 4.69) is 5.32 Å². The third kappa shape index (κ3) is 7.99. The fourth-order valence-corrected chi connectivity index (χ4v) is 2.34. The first-order valence-corrected chi connectivity index (χ1v) is 8.53. The third-order valence-electron chi connectivity index (χ3n) is 3.40. The van der Waals surface area contributed by atoms with Crippen molar-refractivity contribution in [3.05, 3.63) is 34.3 Å². The Kier molecular flexibility index (Phi) is 8.53. The number of nitrogens with one attached hydrogen (secondary N) is 1. The fraction of sp³-hybridized carbons (Fsp3) is 0.611. The van der Waals surface area contributed by atoms with Crippen LogP contribution in [0.15, 0.2) is 18.2 Å². The van der Waals surface area contributed by atoms with E-state index in [1.807, 2.05) is 45.9 Å². The molecule has 1 amide bonds. The molecule has 1 aromatic carbocycles. The lowest BCUT2D eigenvalue weighted by Crippen LogP contribution is -2.42. The summed E-state index contributed by atoms with van der Waals surface area (Å²) in [7, 11) is 1.62. The Bertz CT molecular complexity index is 529. The summed E-state index contributed by atoms with van der Waals surface area (Å²) < 4.78 is 10.5. The number of aryl methyl sites for hydroxylation is 1. The van der Waals surface area contributed by atoms with Crippen molar-refractivity contribution in [2.75, 3.05) is 33.4 Å². The molecule has 5 nitrogen and oxygen atoms in total. The van der Waals surface area contributed by atoms with Gasteiger partial charge in [0.25, 0.3) is 0 Å². The van der Waals surface area contributed by atoms with E-state index in [-0.39, 0.29) is 6.09 Å². The summed E-state index contributed by atoms with van der Waals surface area (Å²) in [6, 6.07) is 5.85. The Morgan fingerprint density at radius 2 is 2.00 bits per heavy atom. The summed E-state index contributed by atoms with van der Waals surface area (Å²) >= 11 is 5.97. The molecule has 0 saturated heterocycles. The summed E-state index contributed by atoms with van der Waals surface area (Å²) in [6.45, 7) is 10.6. The number of amides is 1. The highest BCUT2D eigenvalue weighted by molar-refractivity contribution is 6.30. The molecular formula is C18H29ClN2O3. The smallest absolute Gasteiger partial charge is 0.410 e. The minimum atomic E-state index is -0.504. The van der Waals surface area contributed by atoms with Gasteiger partial charge in [0.05, 0.1) is 6.61 Å². The zero-order valence-corrected chi connectivity index (χ0v) is 16.1. The first kappa shape index (κ1) is 20.7. The number of nitrogens with zero attached hydrogens (tertiary/aromatic N) is 1. The molecule has 0 saturated carbocycles. The van der Waals surface area contributed by atoms with Gasteiger partial charge in [-0.25, -0.2) is 4.79 Å². The van der Waals surface area contributed by atoms with Gasteiger partial charge in [-0.1, -0.05) is 17.7 Å². The van der Waals surface area contributed by atoms with Gasteiger partial charge in [0.2, 0.25) is 0 Å². The first-order valence-electron chi connectivity index (χ1n) is 8.15. The molecule has 1 N–H and O–H groups in total. The zero-order chi connectivity index (χ0) is 18.2. The highest BCUT2D eigenvalue weighted by Gasteiger charge is 2.21. The molecule has 0 aromatic heterocycles. The molecule has 0 spiro atoms. The Hall–Kier alpha value is -1.30. The Morgan fingerprint density at radius 1 is 1.29 bits per heavy atom. The predicted molar refractivity (Wildman–Crippen MR) is 97.6 cm³/mol. The van der Waals surface area contributed by atoms with Gasteiger partial charge in [-0.3, -0.25) is 0 Å². The van der Waals surface area contributed by atoms with E-state index in [0.717, 1.165) is 17.1 Å². The maximum atomic E-state index is 12.2. The van der Waals surface area contributed by atoms with Crippen LogP contribution in [-0.4, -0.2) is 49.9 Å². The summed E-state index contributed by atoms with van der Waals surface area (Å²) in [5, 5.41) is 4.10. The van der Waals surface area contributed by atoms with Crippen molar-refractivity contribution in [3.63, 3.8) is 0 Å². The largest absolute Gasteiger partial charge is 0.444 e. The Balaban J connectivity index is 2.48. The fourth-order valence-electron chi connectivity index (χ4n) is 2.12. The van der Waals surface area contributed by atoms with Crippen LogP contribution in [0.25, 0.3) is 0 Å². The van der Waals surface area contributed by atoms with Gasteiger partial charge in [-0.2, -0.15) is 0 Å². The number of carbonyl (C=O) groups is 1. The molecule has 1 aromatic rings. The van der Waals surface area contributed by atoms with Crippen molar-refractivity contribution < 1.29 is 14.3 Å². The monoisotopic (exact) mass is 356 g/mol. The molecule has 0 radical (unpaired) electrons. The number of hydrogen-bond acceptors (Lipinski definition) is 4. The molecule has 0 unspecified atom stereocenters. The van der Waals surface area contributed by atoms with Crippen molar-refractivity contribution in [2.24, 2.45) is 0 Å². The summed E-state index contributed by atoms with van der Waals surface area (Å²) in [6.07, 6.45) is -0.316. The van der Waals surface area contributed by atoms with Gasteiger partial charge < -0.3 is 19.7 Å². The summed E-state index contributed by atoms with van der Waals surface area (Å²) in [5.41, 5.74) is 1.84. The molecule has 0 atom stereocenters. The molecular weight excluding hydrogens is 328 g/mol. The first-order chi connectivity index (χ1) is 11.2. The van der Waals surface area contributed by atoms with Crippen LogP contribution in [0.3, 0.4) is 0 Å². The Morgan fingerprint density at radius 3 is 2.58 bits per heavy atom. The molecule has 0 heterocycles. The van der Waals surface area contributed by atoms with Gasteiger partial charge in [0.1, 0.15) is 5.60 Å². The number of rotatable bonds is 8. The van der Waals surface area contributed by atoms with E-state index in [0.29, 0.717) is 26.2 Å². The Labute approximate surface area is 150 Å². The lowest BCUT2D eigenvalue weighted by atomic mass is 10.1. The second-order valence-electron chi connectivity index (χ2n) is 6.71. The standard InChI is InChI=1S/C18H29ClN2O3/c1-14-12-16(19)7-6-15(14)13-20-8-9-21(10-11-23-5)17(22)24-18(2,3)4/h6-7,12,20H,8-11,13H2,1-5H3. The maximum absolute atomic E-state index is 12.2. The van der Waals surface area contributed by atoms with Crippen molar-refractivity contribution in [1.29, 1.82) is 0 Å². The molecule has 1 rings (SSSR count). The lowest BCUT2D eigenvalue weighted by molar-refractivity contribution is 0.0204. The molecule has 0 aliphatic carbocycles. The molecule has 0 aliphatic rings. The van der Waals surface area contributed by atoms with Gasteiger partial charge in [0.15, 0.2) is 0 Å². The van der Waals surface area contributed by atoms with E-state index in [9.17, 15) is 4.79 Å². The van der Waals surface area contributed by atoms with E-state index in [1.165, 1.54) is 5.56 Å². The molecule has 136 valence electrons. The third-order valence-corrected chi connectivity index (χ3v) is 3.63. The van der Waals surface area contributed by atoms with Crippen LogP contribution in [-0.2, 0) is 16.0 Å².